The van der Waals surface area contributed by atoms with Gasteiger partial charge in [0.15, 0.2) is 0 Å². The van der Waals surface area contributed by atoms with Crippen molar-refractivity contribution < 1.29 is 9.53 Å². The SMILES string of the molecule is COC(=O)C1CCC(c2ccc(Br)cc2)NC1. The Morgan fingerprint density at radius 2 is 2.06 bits per heavy atom. The number of carbonyl (C=O) groups excluding carboxylic acids is 1. The molecule has 0 saturated carbocycles. The van der Waals surface area contributed by atoms with E-state index in [1.165, 1.54) is 12.7 Å². The molecule has 92 valence electrons. The van der Waals surface area contributed by atoms with Crippen molar-refractivity contribution in [2.75, 3.05) is 13.7 Å². The van der Waals surface area contributed by atoms with E-state index >= 15 is 0 Å². The van der Waals surface area contributed by atoms with Crippen molar-refractivity contribution in [2.24, 2.45) is 5.92 Å². The third-order valence-corrected chi connectivity index (χ3v) is 3.75. The molecule has 1 aliphatic rings. The van der Waals surface area contributed by atoms with Crippen molar-refractivity contribution in [3.8, 4) is 0 Å². The molecule has 0 aliphatic carbocycles. The summed E-state index contributed by atoms with van der Waals surface area (Å²) in [6.45, 7) is 0.702. The summed E-state index contributed by atoms with van der Waals surface area (Å²) >= 11 is 3.43. The first-order valence-electron chi connectivity index (χ1n) is 5.77. The second kappa shape index (κ2) is 5.65. The van der Waals surface area contributed by atoms with Crippen LogP contribution in [-0.2, 0) is 9.53 Å². The highest BCUT2D eigenvalue weighted by Gasteiger charge is 2.26. The number of methoxy groups -OCH3 is 1. The van der Waals surface area contributed by atoms with Crippen LogP contribution in [0.3, 0.4) is 0 Å². The quantitative estimate of drug-likeness (QED) is 0.853. The Hall–Kier alpha value is -0.870. The van der Waals surface area contributed by atoms with E-state index in [0.29, 0.717) is 12.6 Å². The minimum absolute atomic E-state index is 0.00620. The smallest absolute Gasteiger partial charge is 0.309 e. The van der Waals surface area contributed by atoms with Crippen molar-refractivity contribution in [3.63, 3.8) is 0 Å². The fourth-order valence-electron chi connectivity index (χ4n) is 2.20. The first-order chi connectivity index (χ1) is 8.20. The van der Waals surface area contributed by atoms with E-state index in [0.717, 1.165) is 17.3 Å². The normalized spacial score (nSPS) is 24.4. The number of hydrogen-bond acceptors (Lipinski definition) is 3. The van der Waals surface area contributed by atoms with Gasteiger partial charge in [-0.15, -0.1) is 0 Å². The molecule has 0 bridgehead atoms. The van der Waals surface area contributed by atoms with Gasteiger partial charge in [0.25, 0.3) is 0 Å². The summed E-state index contributed by atoms with van der Waals surface area (Å²) in [6, 6.07) is 8.66. The Labute approximate surface area is 110 Å². The molecule has 4 heteroatoms. The molecule has 0 amide bonds. The molecule has 1 N–H and O–H groups in total. The topological polar surface area (TPSA) is 38.3 Å². The molecule has 2 atom stereocenters. The summed E-state index contributed by atoms with van der Waals surface area (Å²) in [4.78, 5) is 11.4. The predicted molar refractivity (Wildman–Crippen MR) is 69.6 cm³/mol. The zero-order valence-electron chi connectivity index (χ0n) is 9.78. The third-order valence-electron chi connectivity index (χ3n) is 3.22. The Morgan fingerprint density at radius 3 is 2.59 bits per heavy atom. The number of hydrogen-bond donors (Lipinski definition) is 1. The molecule has 1 fully saturated rings. The van der Waals surface area contributed by atoms with Crippen LogP contribution in [0.4, 0.5) is 0 Å². The Kier molecular flexibility index (Phi) is 4.18. The summed E-state index contributed by atoms with van der Waals surface area (Å²) in [7, 11) is 1.45. The largest absolute Gasteiger partial charge is 0.469 e. The maximum absolute atomic E-state index is 11.4. The molecular formula is C13H16BrNO2. The van der Waals surface area contributed by atoms with Gasteiger partial charge in [0.05, 0.1) is 13.0 Å². The van der Waals surface area contributed by atoms with Gasteiger partial charge in [0.2, 0.25) is 0 Å². The Balaban J connectivity index is 1.95. The van der Waals surface area contributed by atoms with E-state index in [2.05, 4.69) is 33.4 Å². The maximum Gasteiger partial charge on any atom is 0.309 e. The zero-order valence-corrected chi connectivity index (χ0v) is 11.4. The first kappa shape index (κ1) is 12.6. The number of nitrogens with one attached hydrogen (secondary N) is 1. The molecule has 3 nitrogen and oxygen atoms in total. The van der Waals surface area contributed by atoms with Gasteiger partial charge in [-0.25, -0.2) is 0 Å². The number of esters is 1. The van der Waals surface area contributed by atoms with Crippen LogP contribution in [0.5, 0.6) is 0 Å². The fraction of sp³-hybridized carbons (Fsp3) is 0.462. The lowest BCUT2D eigenvalue weighted by Crippen LogP contribution is -2.37. The average Bonchev–Trinajstić information content (AvgIpc) is 2.39. The van der Waals surface area contributed by atoms with Crippen molar-refractivity contribution in [3.05, 3.63) is 34.3 Å². The van der Waals surface area contributed by atoms with Crippen molar-refractivity contribution in [1.82, 2.24) is 5.32 Å². The molecule has 1 heterocycles. The summed E-state index contributed by atoms with van der Waals surface area (Å²) in [5, 5.41) is 3.40. The van der Waals surface area contributed by atoms with E-state index in [1.54, 1.807) is 0 Å². The molecule has 0 spiro atoms. The minimum atomic E-state index is -0.105. The second-order valence-corrected chi connectivity index (χ2v) is 5.23. The van der Waals surface area contributed by atoms with E-state index in [9.17, 15) is 4.79 Å². The van der Waals surface area contributed by atoms with Crippen LogP contribution in [0.2, 0.25) is 0 Å². The number of piperidine rings is 1. The molecule has 1 aliphatic heterocycles. The zero-order chi connectivity index (χ0) is 12.3. The van der Waals surface area contributed by atoms with Crippen LogP contribution >= 0.6 is 15.9 Å². The third kappa shape index (κ3) is 3.07. The van der Waals surface area contributed by atoms with Crippen LogP contribution in [-0.4, -0.2) is 19.6 Å². The van der Waals surface area contributed by atoms with Crippen molar-refractivity contribution >= 4 is 21.9 Å². The van der Waals surface area contributed by atoms with E-state index < -0.39 is 0 Å². The van der Waals surface area contributed by atoms with Crippen LogP contribution in [0.25, 0.3) is 0 Å². The van der Waals surface area contributed by atoms with Crippen LogP contribution < -0.4 is 5.32 Å². The van der Waals surface area contributed by atoms with Gasteiger partial charge in [-0.3, -0.25) is 4.79 Å². The van der Waals surface area contributed by atoms with Crippen LogP contribution in [0, 0.1) is 5.92 Å². The summed E-state index contributed by atoms with van der Waals surface area (Å²) in [5.41, 5.74) is 1.27. The molecule has 2 rings (SSSR count). The number of halogens is 1. The molecule has 1 aromatic carbocycles. The Bertz CT molecular complexity index is 383. The molecule has 2 unspecified atom stereocenters. The number of ether oxygens (including phenoxy) is 1. The monoisotopic (exact) mass is 297 g/mol. The number of benzene rings is 1. The van der Waals surface area contributed by atoms with Gasteiger partial charge in [-0.1, -0.05) is 28.1 Å². The molecule has 17 heavy (non-hydrogen) atoms. The summed E-state index contributed by atoms with van der Waals surface area (Å²) < 4.78 is 5.85. The summed E-state index contributed by atoms with van der Waals surface area (Å²) in [6.07, 6.45) is 1.86. The lowest BCUT2D eigenvalue weighted by atomic mass is 9.91. The second-order valence-electron chi connectivity index (χ2n) is 4.31. The lowest BCUT2D eigenvalue weighted by Gasteiger charge is -2.28. The lowest BCUT2D eigenvalue weighted by molar-refractivity contribution is -0.146. The van der Waals surface area contributed by atoms with Gasteiger partial charge in [0, 0.05) is 17.1 Å². The van der Waals surface area contributed by atoms with Gasteiger partial charge in [-0.2, -0.15) is 0 Å². The van der Waals surface area contributed by atoms with Gasteiger partial charge < -0.3 is 10.1 Å². The maximum atomic E-state index is 11.4. The summed E-state index contributed by atoms with van der Waals surface area (Å²) in [5.74, 6) is -0.0987. The fourth-order valence-corrected chi connectivity index (χ4v) is 2.47. The highest BCUT2D eigenvalue weighted by Crippen LogP contribution is 2.27. The molecule has 1 aromatic rings. The minimum Gasteiger partial charge on any atom is -0.469 e. The number of carbonyl (C=O) groups is 1. The molecule has 0 radical (unpaired) electrons. The van der Waals surface area contributed by atoms with E-state index in [1.807, 2.05) is 12.1 Å². The van der Waals surface area contributed by atoms with Crippen molar-refractivity contribution in [1.29, 1.82) is 0 Å². The number of rotatable bonds is 2. The molecular weight excluding hydrogens is 282 g/mol. The molecule has 1 saturated heterocycles. The van der Waals surface area contributed by atoms with Gasteiger partial charge in [-0.05, 0) is 30.5 Å². The standard InChI is InChI=1S/C13H16BrNO2/c1-17-13(16)10-4-7-12(15-8-10)9-2-5-11(14)6-3-9/h2-3,5-6,10,12,15H,4,7-8H2,1H3. The highest BCUT2D eigenvalue weighted by atomic mass is 79.9. The first-order valence-corrected chi connectivity index (χ1v) is 6.56. The van der Waals surface area contributed by atoms with E-state index in [-0.39, 0.29) is 11.9 Å². The molecule has 0 aromatic heterocycles. The van der Waals surface area contributed by atoms with Crippen molar-refractivity contribution in [2.45, 2.75) is 18.9 Å². The van der Waals surface area contributed by atoms with Crippen LogP contribution in [0.15, 0.2) is 28.7 Å². The predicted octanol–water partition coefficient (Wildman–Crippen LogP) is 2.66. The van der Waals surface area contributed by atoms with Gasteiger partial charge in [0.1, 0.15) is 0 Å². The van der Waals surface area contributed by atoms with E-state index in [4.69, 9.17) is 4.74 Å². The Morgan fingerprint density at radius 1 is 1.35 bits per heavy atom. The highest BCUT2D eigenvalue weighted by molar-refractivity contribution is 9.10. The van der Waals surface area contributed by atoms with Gasteiger partial charge >= 0.3 is 5.97 Å². The van der Waals surface area contributed by atoms with Crippen LogP contribution in [0.1, 0.15) is 24.4 Å². The average molecular weight is 298 g/mol.